The van der Waals surface area contributed by atoms with Crippen LogP contribution < -0.4 is 10.9 Å². The van der Waals surface area contributed by atoms with Crippen LogP contribution in [-0.4, -0.2) is 53.1 Å². The number of rotatable bonds is 5. The summed E-state index contributed by atoms with van der Waals surface area (Å²) in [4.78, 5) is 29.9. The number of nitrogens with one attached hydrogen (secondary N) is 1. The van der Waals surface area contributed by atoms with Gasteiger partial charge in [-0.15, -0.1) is 0 Å². The Bertz CT molecular complexity index is 1320. The van der Waals surface area contributed by atoms with Gasteiger partial charge < -0.3 is 19.7 Å². The highest BCUT2D eigenvalue weighted by Crippen LogP contribution is 2.34. The molecular formula is C30H34F2N4O2. The molecule has 0 bridgehead atoms. The standard InChI is InChI=1S/C30H34F2N4O2/c1-33-25-12-16-36(28(19-25)26-18-24(31)7-8-27(26)32)30(38)34-13-9-21(10-14-34)20-35-15-11-23(17-29(35)37)22-5-3-2-4-6-22/h2-8,11,15,17-18,21,25,28,33H,9-10,12-14,16,19-20H2,1H3/t25-,28+/m1/s1. The zero-order valence-corrected chi connectivity index (χ0v) is 21.7. The first-order valence-corrected chi connectivity index (χ1v) is 13.4. The van der Waals surface area contributed by atoms with Gasteiger partial charge in [0, 0.05) is 50.0 Å². The van der Waals surface area contributed by atoms with E-state index in [-0.39, 0.29) is 29.1 Å². The van der Waals surface area contributed by atoms with Gasteiger partial charge in [0.25, 0.3) is 5.56 Å². The lowest BCUT2D eigenvalue weighted by atomic mass is 9.91. The number of carbonyl (C=O) groups excluding carboxylic acids is 1. The van der Waals surface area contributed by atoms with Gasteiger partial charge >= 0.3 is 6.03 Å². The number of urea groups is 1. The summed E-state index contributed by atoms with van der Waals surface area (Å²) in [5.41, 5.74) is 2.11. The van der Waals surface area contributed by atoms with Crippen LogP contribution >= 0.6 is 0 Å². The monoisotopic (exact) mass is 520 g/mol. The lowest BCUT2D eigenvalue weighted by Crippen LogP contribution is -2.52. The minimum absolute atomic E-state index is 0.0303. The van der Waals surface area contributed by atoms with Crippen LogP contribution in [0.2, 0.25) is 0 Å². The molecule has 2 fully saturated rings. The van der Waals surface area contributed by atoms with Crippen molar-refractivity contribution in [1.82, 2.24) is 19.7 Å². The van der Waals surface area contributed by atoms with E-state index >= 15 is 0 Å². The van der Waals surface area contributed by atoms with Crippen molar-refractivity contribution < 1.29 is 13.6 Å². The van der Waals surface area contributed by atoms with Crippen LogP contribution in [0, 0.1) is 17.6 Å². The number of hydrogen-bond donors (Lipinski definition) is 1. The fraction of sp³-hybridized carbons (Fsp3) is 0.400. The van der Waals surface area contributed by atoms with Gasteiger partial charge in [0.1, 0.15) is 11.6 Å². The van der Waals surface area contributed by atoms with Crippen molar-refractivity contribution in [3.05, 3.63) is 94.4 Å². The molecule has 0 aliphatic carbocycles. The maximum Gasteiger partial charge on any atom is 0.320 e. The van der Waals surface area contributed by atoms with Gasteiger partial charge in [0.2, 0.25) is 0 Å². The third kappa shape index (κ3) is 5.65. The van der Waals surface area contributed by atoms with E-state index in [0.29, 0.717) is 32.6 Å². The molecule has 38 heavy (non-hydrogen) atoms. The van der Waals surface area contributed by atoms with E-state index in [1.807, 2.05) is 54.5 Å². The number of carbonyl (C=O) groups is 1. The Labute approximate surface area is 221 Å². The molecule has 200 valence electrons. The molecule has 2 aliphatic heterocycles. The number of piperidine rings is 2. The number of amides is 2. The van der Waals surface area contributed by atoms with Crippen molar-refractivity contribution in [2.45, 2.75) is 44.3 Å². The summed E-state index contributed by atoms with van der Waals surface area (Å²) in [6.07, 6.45) is 4.70. The molecule has 1 N–H and O–H groups in total. The fourth-order valence-corrected chi connectivity index (χ4v) is 5.76. The molecule has 6 nitrogen and oxygen atoms in total. The van der Waals surface area contributed by atoms with Gasteiger partial charge in [0.15, 0.2) is 0 Å². The first-order valence-electron chi connectivity index (χ1n) is 13.4. The zero-order chi connectivity index (χ0) is 26.6. The lowest BCUT2D eigenvalue weighted by molar-refractivity contribution is 0.0908. The largest absolute Gasteiger partial charge is 0.325 e. The molecular weight excluding hydrogens is 486 g/mol. The third-order valence-corrected chi connectivity index (χ3v) is 8.02. The lowest BCUT2D eigenvalue weighted by Gasteiger charge is -2.43. The Balaban J connectivity index is 1.23. The van der Waals surface area contributed by atoms with Crippen LogP contribution in [0.3, 0.4) is 0 Å². The molecule has 0 unspecified atom stereocenters. The van der Waals surface area contributed by atoms with Crippen LogP contribution in [0.1, 0.15) is 37.3 Å². The molecule has 2 atom stereocenters. The molecule has 3 aromatic rings. The van der Waals surface area contributed by atoms with E-state index in [1.165, 1.54) is 6.07 Å². The summed E-state index contributed by atoms with van der Waals surface area (Å²) in [7, 11) is 1.85. The minimum Gasteiger partial charge on any atom is -0.325 e. The number of aromatic nitrogens is 1. The van der Waals surface area contributed by atoms with Gasteiger partial charge in [-0.1, -0.05) is 30.3 Å². The Kier molecular flexibility index (Phi) is 7.88. The van der Waals surface area contributed by atoms with Crippen molar-refractivity contribution in [2.24, 2.45) is 5.92 Å². The Morgan fingerprint density at radius 1 is 0.947 bits per heavy atom. The molecule has 2 aliphatic rings. The molecule has 8 heteroatoms. The number of benzene rings is 2. The van der Waals surface area contributed by atoms with Crippen LogP contribution in [-0.2, 0) is 6.54 Å². The molecule has 0 spiro atoms. The van der Waals surface area contributed by atoms with Gasteiger partial charge in [-0.3, -0.25) is 4.79 Å². The van der Waals surface area contributed by atoms with Crippen molar-refractivity contribution in [3.8, 4) is 11.1 Å². The number of hydrogen-bond acceptors (Lipinski definition) is 3. The van der Waals surface area contributed by atoms with Gasteiger partial charge in [-0.25, -0.2) is 13.6 Å². The number of nitrogens with zero attached hydrogens (tertiary/aromatic N) is 3. The zero-order valence-electron chi connectivity index (χ0n) is 21.7. The first kappa shape index (κ1) is 26.1. The van der Waals surface area contributed by atoms with Crippen LogP contribution in [0.25, 0.3) is 11.1 Å². The molecule has 2 amide bonds. The smallest absolute Gasteiger partial charge is 0.320 e. The van der Waals surface area contributed by atoms with E-state index in [1.54, 1.807) is 15.5 Å². The molecule has 2 saturated heterocycles. The number of likely N-dealkylation sites (tertiary alicyclic amines) is 2. The van der Waals surface area contributed by atoms with Gasteiger partial charge in [0.05, 0.1) is 6.04 Å². The maximum atomic E-state index is 14.7. The van der Waals surface area contributed by atoms with E-state index in [9.17, 15) is 18.4 Å². The summed E-state index contributed by atoms with van der Waals surface area (Å²) in [6, 6.07) is 16.4. The summed E-state index contributed by atoms with van der Waals surface area (Å²) in [5.74, 6) is -0.715. The van der Waals surface area contributed by atoms with Crippen LogP contribution in [0.15, 0.2) is 71.7 Å². The average Bonchev–Trinajstić information content (AvgIpc) is 2.95. The van der Waals surface area contributed by atoms with Crippen molar-refractivity contribution >= 4 is 6.03 Å². The second kappa shape index (κ2) is 11.5. The van der Waals surface area contributed by atoms with Gasteiger partial charge in [-0.2, -0.15) is 0 Å². The molecule has 1 aromatic heterocycles. The van der Waals surface area contributed by atoms with E-state index in [0.717, 1.165) is 42.5 Å². The SMILES string of the molecule is CN[C@@H]1CCN(C(=O)N2CCC(Cn3ccc(-c4ccccc4)cc3=O)CC2)[C@H](c2cc(F)ccc2F)C1. The molecule has 0 radical (unpaired) electrons. The third-order valence-electron chi connectivity index (χ3n) is 8.02. The van der Waals surface area contributed by atoms with E-state index in [2.05, 4.69) is 5.32 Å². The number of pyridine rings is 1. The quantitative estimate of drug-likeness (QED) is 0.512. The van der Waals surface area contributed by atoms with E-state index in [4.69, 9.17) is 0 Å². The predicted molar refractivity (Wildman–Crippen MR) is 144 cm³/mol. The predicted octanol–water partition coefficient (Wildman–Crippen LogP) is 5.05. The first-order chi connectivity index (χ1) is 18.4. The Hall–Kier alpha value is -3.52. The molecule has 0 saturated carbocycles. The summed E-state index contributed by atoms with van der Waals surface area (Å²) in [6.45, 7) is 2.24. The average molecular weight is 521 g/mol. The van der Waals surface area contributed by atoms with Crippen LogP contribution in [0.4, 0.5) is 13.6 Å². The minimum atomic E-state index is -0.524. The summed E-state index contributed by atoms with van der Waals surface area (Å²) >= 11 is 0. The van der Waals surface area contributed by atoms with Crippen molar-refractivity contribution in [2.75, 3.05) is 26.7 Å². The van der Waals surface area contributed by atoms with E-state index < -0.39 is 17.7 Å². The highest BCUT2D eigenvalue weighted by Gasteiger charge is 2.37. The summed E-state index contributed by atoms with van der Waals surface area (Å²) < 4.78 is 30.5. The highest BCUT2D eigenvalue weighted by atomic mass is 19.1. The molecule has 2 aromatic carbocycles. The Morgan fingerprint density at radius 3 is 2.42 bits per heavy atom. The topological polar surface area (TPSA) is 57.6 Å². The van der Waals surface area contributed by atoms with Crippen LogP contribution in [0.5, 0.6) is 0 Å². The second-order valence-corrected chi connectivity index (χ2v) is 10.4. The highest BCUT2D eigenvalue weighted by molar-refractivity contribution is 5.75. The maximum absolute atomic E-state index is 14.7. The summed E-state index contributed by atoms with van der Waals surface area (Å²) in [5, 5.41) is 3.23. The van der Waals surface area contributed by atoms with Gasteiger partial charge in [-0.05, 0) is 74.0 Å². The normalized spacial score (nSPS) is 20.5. The number of halogens is 2. The van der Waals surface area contributed by atoms with Crippen molar-refractivity contribution in [3.63, 3.8) is 0 Å². The fourth-order valence-electron chi connectivity index (χ4n) is 5.76. The Morgan fingerprint density at radius 2 is 1.71 bits per heavy atom. The van der Waals surface area contributed by atoms with Crippen molar-refractivity contribution in [1.29, 1.82) is 0 Å². The second-order valence-electron chi connectivity index (χ2n) is 10.4. The molecule has 3 heterocycles. The molecule has 5 rings (SSSR count).